The minimum Gasteiger partial charge on any atom is -0.497 e. The zero-order valence-corrected chi connectivity index (χ0v) is 14.4. The molecule has 1 N–H and O–H groups in total. The number of carbonyl (C=O) groups is 2. The summed E-state index contributed by atoms with van der Waals surface area (Å²) in [5, 5.41) is 2.83. The number of hydrogen-bond donors (Lipinski definition) is 1. The van der Waals surface area contributed by atoms with Crippen LogP contribution in [-0.2, 0) is 9.47 Å². The van der Waals surface area contributed by atoms with E-state index in [0.29, 0.717) is 17.7 Å². The molecule has 2 aromatic carbocycles. The number of hydrogen-bond acceptors (Lipinski definition) is 5. The molecule has 0 aromatic heterocycles. The number of rotatable bonds is 7. The maximum Gasteiger partial charge on any atom is 0.337 e. The highest BCUT2D eigenvalue weighted by Crippen LogP contribution is 2.21. The number of amides is 1. The van der Waals surface area contributed by atoms with Crippen LogP contribution in [0.5, 0.6) is 5.75 Å². The highest BCUT2D eigenvalue weighted by atomic mass is 16.5. The van der Waals surface area contributed by atoms with Crippen molar-refractivity contribution < 1.29 is 23.8 Å². The molecule has 0 fully saturated rings. The van der Waals surface area contributed by atoms with Crippen molar-refractivity contribution in [3.63, 3.8) is 0 Å². The molecule has 0 bridgehead atoms. The van der Waals surface area contributed by atoms with E-state index < -0.39 is 5.97 Å². The number of benzene rings is 2. The molecule has 0 aliphatic carbocycles. The molecule has 0 aliphatic heterocycles. The van der Waals surface area contributed by atoms with Crippen molar-refractivity contribution in [3.05, 3.63) is 65.2 Å². The summed E-state index contributed by atoms with van der Waals surface area (Å²) in [5.74, 6) is 0.0371. The molecule has 0 saturated carbocycles. The first-order chi connectivity index (χ1) is 12.1. The highest BCUT2D eigenvalue weighted by molar-refractivity contribution is 5.96. The molecule has 2 aromatic rings. The predicted molar refractivity (Wildman–Crippen MR) is 92.9 cm³/mol. The van der Waals surface area contributed by atoms with Crippen molar-refractivity contribution in [1.82, 2.24) is 5.32 Å². The second kappa shape index (κ2) is 8.84. The van der Waals surface area contributed by atoms with Crippen LogP contribution in [0.25, 0.3) is 0 Å². The molecule has 132 valence electrons. The highest BCUT2D eigenvalue weighted by Gasteiger charge is 2.14. The van der Waals surface area contributed by atoms with Gasteiger partial charge in [0.2, 0.25) is 0 Å². The Bertz CT molecular complexity index is 727. The smallest absolute Gasteiger partial charge is 0.337 e. The van der Waals surface area contributed by atoms with Gasteiger partial charge in [0.1, 0.15) is 5.75 Å². The molecular weight excluding hydrogens is 322 g/mol. The van der Waals surface area contributed by atoms with Crippen molar-refractivity contribution >= 4 is 11.9 Å². The molecular formula is C19H21NO5. The van der Waals surface area contributed by atoms with Crippen LogP contribution in [0.1, 0.15) is 32.4 Å². The van der Waals surface area contributed by atoms with Gasteiger partial charge < -0.3 is 19.5 Å². The van der Waals surface area contributed by atoms with Gasteiger partial charge in [-0.3, -0.25) is 4.79 Å². The Kier molecular flexibility index (Phi) is 6.54. The third-order valence-corrected chi connectivity index (χ3v) is 3.77. The first-order valence-corrected chi connectivity index (χ1v) is 7.72. The average molecular weight is 343 g/mol. The molecule has 0 radical (unpaired) electrons. The van der Waals surface area contributed by atoms with Crippen molar-refractivity contribution in [1.29, 1.82) is 0 Å². The monoisotopic (exact) mass is 343 g/mol. The van der Waals surface area contributed by atoms with E-state index in [1.54, 1.807) is 38.5 Å². The van der Waals surface area contributed by atoms with Crippen molar-refractivity contribution in [2.24, 2.45) is 0 Å². The third-order valence-electron chi connectivity index (χ3n) is 3.77. The van der Waals surface area contributed by atoms with E-state index in [1.807, 2.05) is 24.3 Å². The van der Waals surface area contributed by atoms with Gasteiger partial charge in [0.25, 0.3) is 5.91 Å². The van der Waals surface area contributed by atoms with E-state index in [9.17, 15) is 9.59 Å². The van der Waals surface area contributed by atoms with E-state index in [0.717, 1.165) is 11.3 Å². The lowest BCUT2D eigenvalue weighted by Gasteiger charge is -2.17. The maximum absolute atomic E-state index is 12.3. The lowest BCUT2D eigenvalue weighted by Crippen LogP contribution is -2.29. The number of nitrogens with one attached hydrogen (secondary N) is 1. The Balaban J connectivity index is 2.00. The molecule has 0 spiro atoms. The fourth-order valence-corrected chi connectivity index (χ4v) is 2.34. The minimum absolute atomic E-state index is 0.249. The van der Waals surface area contributed by atoms with E-state index >= 15 is 0 Å². The molecule has 0 aliphatic rings. The zero-order chi connectivity index (χ0) is 18.2. The van der Waals surface area contributed by atoms with Crippen LogP contribution in [0, 0.1) is 0 Å². The molecule has 2 rings (SSSR count). The summed E-state index contributed by atoms with van der Waals surface area (Å²) in [6.45, 7) is 0.307. The predicted octanol–water partition coefficient (Wildman–Crippen LogP) is 2.60. The summed E-state index contributed by atoms with van der Waals surface area (Å²) in [6.07, 6.45) is -0.298. The summed E-state index contributed by atoms with van der Waals surface area (Å²) in [7, 11) is 4.49. The third kappa shape index (κ3) is 4.81. The zero-order valence-electron chi connectivity index (χ0n) is 14.4. The standard InChI is InChI=1S/C19H21NO5/c1-23-16-6-4-5-15(11-16)17(24-2)12-20-18(21)13-7-9-14(10-8-13)19(22)25-3/h4-11,17H,12H2,1-3H3,(H,20,21). The summed E-state index contributed by atoms with van der Waals surface area (Å²) < 4.78 is 15.3. The van der Waals surface area contributed by atoms with Crippen LogP contribution in [0.15, 0.2) is 48.5 Å². The van der Waals surface area contributed by atoms with E-state index in [1.165, 1.54) is 7.11 Å². The average Bonchev–Trinajstić information content (AvgIpc) is 2.68. The molecule has 1 amide bonds. The van der Waals surface area contributed by atoms with Gasteiger partial charge in [-0.1, -0.05) is 12.1 Å². The van der Waals surface area contributed by atoms with E-state index in [4.69, 9.17) is 9.47 Å². The fraction of sp³-hybridized carbons (Fsp3) is 0.263. The maximum atomic E-state index is 12.3. The lowest BCUT2D eigenvalue weighted by atomic mass is 10.1. The van der Waals surface area contributed by atoms with Crippen molar-refractivity contribution in [3.8, 4) is 5.75 Å². The Morgan fingerprint density at radius 1 is 1.00 bits per heavy atom. The SMILES string of the molecule is COC(=O)c1ccc(C(=O)NCC(OC)c2cccc(OC)c2)cc1. The van der Waals surface area contributed by atoms with Crippen molar-refractivity contribution in [2.75, 3.05) is 27.9 Å². The Labute approximate surface area is 146 Å². The van der Waals surface area contributed by atoms with Crippen LogP contribution < -0.4 is 10.1 Å². The molecule has 0 saturated heterocycles. The van der Waals surface area contributed by atoms with Crippen molar-refractivity contribution in [2.45, 2.75) is 6.10 Å². The fourth-order valence-electron chi connectivity index (χ4n) is 2.34. The second-order valence-electron chi connectivity index (χ2n) is 5.28. The topological polar surface area (TPSA) is 73.9 Å². The number of methoxy groups -OCH3 is 3. The van der Waals surface area contributed by atoms with E-state index in [-0.39, 0.29) is 12.0 Å². The molecule has 6 nitrogen and oxygen atoms in total. The molecule has 6 heteroatoms. The Morgan fingerprint density at radius 2 is 1.68 bits per heavy atom. The van der Waals surface area contributed by atoms with Crippen LogP contribution in [0.4, 0.5) is 0 Å². The molecule has 25 heavy (non-hydrogen) atoms. The number of esters is 1. The van der Waals surface area contributed by atoms with Gasteiger partial charge in [-0.05, 0) is 42.0 Å². The minimum atomic E-state index is -0.440. The van der Waals surface area contributed by atoms with Gasteiger partial charge >= 0.3 is 5.97 Å². The molecule has 1 unspecified atom stereocenters. The van der Waals surface area contributed by atoms with E-state index in [2.05, 4.69) is 10.1 Å². The number of ether oxygens (including phenoxy) is 3. The normalized spacial score (nSPS) is 11.5. The Hall–Kier alpha value is -2.86. The summed E-state index contributed by atoms with van der Waals surface area (Å²) in [5.41, 5.74) is 1.75. The Morgan fingerprint density at radius 3 is 2.28 bits per heavy atom. The first kappa shape index (κ1) is 18.5. The molecule has 0 heterocycles. The summed E-state index contributed by atoms with van der Waals surface area (Å²) in [4.78, 5) is 23.7. The van der Waals surface area contributed by atoms with Gasteiger partial charge in [0.15, 0.2) is 0 Å². The second-order valence-corrected chi connectivity index (χ2v) is 5.28. The van der Waals surface area contributed by atoms with Gasteiger partial charge in [-0.2, -0.15) is 0 Å². The van der Waals surface area contributed by atoms with Gasteiger partial charge in [0.05, 0.1) is 25.9 Å². The largest absolute Gasteiger partial charge is 0.497 e. The van der Waals surface area contributed by atoms with Crippen LogP contribution >= 0.6 is 0 Å². The first-order valence-electron chi connectivity index (χ1n) is 7.72. The van der Waals surface area contributed by atoms with Gasteiger partial charge in [0, 0.05) is 19.2 Å². The van der Waals surface area contributed by atoms with Gasteiger partial charge in [-0.15, -0.1) is 0 Å². The van der Waals surface area contributed by atoms with Crippen LogP contribution in [-0.4, -0.2) is 39.8 Å². The van der Waals surface area contributed by atoms with Gasteiger partial charge in [-0.25, -0.2) is 4.79 Å². The lowest BCUT2D eigenvalue weighted by molar-refractivity contribution is 0.0600. The number of carbonyl (C=O) groups excluding carboxylic acids is 2. The quantitative estimate of drug-likeness (QED) is 0.782. The summed E-state index contributed by atoms with van der Waals surface area (Å²) in [6, 6.07) is 13.8. The molecule has 1 atom stereocenters. The summed E-state index contributed by atoms with van der Waals surface area (Å²) >= 11 is 0. The van der Waals surface area contributed by atoms with Crippen LogP contribution in [0.3, 0.4) is 0 Å². The van der Waals surface area contributed by atoms with Crippen LogP contribution in [0.2, 0.25) is 0 Å².